The Balaban J connectivity index is 1.46. The van der Waals surface area contributed by atoms with Crippen LogP contribution in [0.25, 0.3) is 0 Å². The molecule has 1 aromatic carbocycles. The van der Waals surface area contributed by atoms with Gasteiger partial charge in [0, 0.05) is 24.2 Å². The second kappa shape index (κ2) is 5.16. The first-order chi connectivity index (χ1) is 8.81. The summed E-state index contributed by atoms with van der Waals surface area (Å²) in [6.07, 6.45) is 3.32. The fourth-order valence-corrected chi connectivity index (χ4v) is 2.65. The van der Waals surface area contributed by atoms with Crippen molar-refractivity contribution in [3.8, 4) is 5.75 Å². The normalized spacial score (nSPS) is 23.0. The number of nitrogens with zero attached hydrogens (tertiary/aromatic N) is 1. The van der Waals surface area contributed by atoms with E-state index in [0.29, 0.717) is 0 Å². The lowest BCUT2D eigenvalue weighted by molar-refractivity contribution is -0.0698. The molecule has 1 aromatic rings. The van der Waals surface area contributed by atoms with Gasteiger partial charge >= 0.3 is 0 Å². The van der Waals surface area contributed by atoms with E-state index in [0.717, 1.165) is 36.6 Å². The maximum absolute atomic E-state index is 5.78. The van der Waals surface area contributed by atoms with Crippen LogP contribution in [-0.4, -0.2) is 37.4 Å². The highest BCUT2D eigenvalue weighted by molar-refractivity contribution is 5.49. The molecule has 2 N–H and O–H groups in total. The van der Waals surface area contributed by atoms with Crippen LogP contribution in [0.1, 0.15) is 18.4 Å². The molecule has 1 fully saturated rings. The number of hydrogen-bond donors (Lipinski definition) is 1. The van der Waals surface area contributed by atoms with E-state index in [1.165, 1.54) is 25.9 Å². The van der Waals surface area contributed by atoms with Crippen molar-refractivity contribution in [2.45, 2.75) is 25.6 Å². The lowest BCUT2D eigenvalue weighted by atomic mass is 10.1. The third kappa shape index (κ3) is 2.60. The molecule has 0 bridgehead atoms. The molecule has 4 heteroatoms. The van der Waals surface area contributed by atoms with E-state index < -0.39 is 0 Å². The van der Waals surface area contributed by atoms with Crippen LogP contribution in [0.15, 0.2) is 18.2 Å². The number of rotatable bonds is 4. The number of benzene rings is 1. The van der Waals surface area contributed by atoms with Crippen LogP contribution in [-0.2, 0) is 11.2 Å². The second-order valence-corrected chi connectivity index (χ2v) is 5.04. The maximum Gasteiger partial charge on any atom is 0.204 e. The van der Waals surface area contributed by atoms with Crippen LogP contribution >= 0.6 is 0 Å². The first-order valence-electron chi connectivity index (χ1n) is 6.70. The second-order valence-electron chi connectivity index (χ2n) is 5.04. The number of nitrogen functional groups attached to an aromatic ring is 1. The lowest BCUT2D eigenvalue weighted by Crippen LogP contribution is -2.27. The fourth-order valence-electron chi connectivity index (χ4n) is 2.65. The summed E-state index contributed by atoms with van der Waals surface area (Å²) in [7, 11) is 0. The van der Waals surface area contributed by atoms with Gasteiger partial charge in [0.05, 0.1) is 6.61 Å². The Morgan fingerprint density at radius 3 is 3.00 bits per heavy atom. The van der Waals surface area contributed by atoms with E-state index in [9.17, 15) is 0 Å². The lowest BCUT2D eigenvalue weighted by Gasteiger charge is -2.17. The van der Waals surface area contributed by atoms with Gasteiger partial charge in [0.25, 0.3) is 0 Å². The number of ether oxygens (including phenoxy) is 2. The van der Waals surface area contributed by atoms with E-state index in [2.05, 4.69) is 4.90 Å². The van der Waals surface area contributed by atoms with Crippen LogP contribution in [0, 0.1) is 0 Å². The van der Waals surface area contributed by atoms with Gasteiger partial charge in [0.15, 0.2) is 0 Å². The highest BCUT2D eigenvalue weighted by Gasteiger charge is 2.23. The summed E-state index contributed by atoms with van der Waals surface area (Å²) in [5.41, 5.74) is 7.70. The van der Waals surface area contributed by atoms with Crippen LogP contribution < -0.4 is 10.5 Å². The van der Waals surface area contributed by atoms with Crippen LogP contribution in [0.5, 0.6) is 5.75 Å². The molecule has 1 saturated heterocycles. The predicted octanol–water partition coefficient (Wildman–Crippen LogP) is 1.64. The Morgan fingerprint density at radius 2 is 2.17 bits per heavy atom. The molecular formula is C14H20N2O2. The van der Waals surface area contributed by atoms with Crippen molar-refractivity contribution in [2.75, 3.05) is 32.0 Å². The summed E-state index contributed by atoms with van der Waals surface area (Å²) in [5, 5.41) is 0. The number of fused-ring (bicyclic) bond motifs is 1. The highest BCUT2D eigenvalue weighted by Crippen LogP contribution is 2.30. The van der Waals surface area contributed by atoms with E-state index in [4.69, 9.17) is 15.2 Å². The third-order valence-electron chi connectivity index (χ3n) is 3.64. The average molecular weight is 248 g/mol. The molecule has 1 atom stereocenters. The molecule has 0 spiro atoms. The average Bonchev–Trinajstić information content (AvgIpc) is 2.97. The quantitative estimate of drug-likeness (QED) is 0.823. The van der Waals surface area contributed by atoms with Gasteiger partial charge in [-0.05, 0) is 44.1 Å². The fraction of sp³-hybridized carbons (Fsp3) is 0.571. The molecule has 2 aliphatic heterocycles. The Labute approximate surface area is 108 Å². The molecule has 98 valence electrons. The summed E-state index contributed by atoms with van der Waals surface area (Å²) in [4.78, 5) is 2.44. The minimum Gasteiger partial charge on any atom is -0.464 e. The zero-order valence-corrected chi connectivity index (χ0v) is 10.6. The SMILES string of the molecule is Nc1ccc2c(c1)CC(OCCN1CCCC1)O2. The summed E-state index contributed by atoms with van der Waals surface area (Å²) in [6.45, 7) is 4.18. The topological polar surface area (TPSA) is 47.7 Å². The summed E-state index contributed by atoms with van der Waals surface area (Å²) in [5.74, 6) is 0.912. The minimum absolute atomic E-state index is 0.135. The van der Waals surface area contributed by atoms with Crippen LogP contribution in [0.4, 0.5) is 5.69 Å². The third-order valence-corrected chi connectivity index (χ3v) is 3.64. The molecule has 3 rings (SSSR count). The molecule has 18 heavy (non-hydrogen) atoms. The van der Waals surface area contributed by atoms with E-state index in [1.807, 2.05) is 18.2 Å². The van der Waals surface area contributed by atoms with Gasteiger partial charge in [-0.25, -0.2) is 0 Å². The standard InChI is InChI=1S/C14H20N2O2/c15-12-3-4-13-11(9-12)10-14(18-13)17-8-7-16-5-1-2-6-16/h3-4,9,14H,1-2,5-8,10,15H2. The van der Waals surface area contributed by atoms with E-state index in [1.54, 1.807) is 0 Å². The van der Waals surface area contributed by atoms with Crippen LogP contribution in [0.2, 0.25) is 0 Å². The van der Waals surface area contributed by atoms with Gasteiger partial charge in [0.2, 0.25) is 6.29 Å². The number of hydrogen-bond acceptors (Lipinski definition) is 4. The number of anilines is 1. The summed E-state index contributed by atoms with van der Waals surface area (Å²) >= 11 is 0. The van der Waals surface area contributed by atoms with Gasteiger partial charge in [-0.15, -0.1) is 0 Å². The van der Waals surface area contributed by atoms with Crippen molar-refractivity contribution in [2.24, 2.45) is 0 Å². The molecule has 0 radical (unpaired) electrons. The van der Waals surface area contributed by atoms with Gasteiger partial charge in [-0.1, -0.05) is 0 Å². The monoisotopic (exact) mass is 248 g/mol. The first kappa shape index (κ1) is 11.8. The molecule has 0 aliphatic carbocycles. The molecule has 2 heterocycles. The van der Waals surface area contributed by atoms with Gasteiger partial charge in [-0.2, -0.15) is 0 Å². The zero-order valence-electron chi connectivity index (χ0n) is 10.6. The van der Waals surface area contributed by atoms with Crippen molar-refractivity contribution in [3.05, 3.63) is 23.8 Å². The molecular weight excluding hydrogens is 228 g/mol. The van der Waals surface area contributed by atoms with Crippen molar-refractivity contribution >= 4 is 5.69 Å². The number of likely N-dealkylation sites (tertiary alicyclic amines) is 1. The highest BCUT2D eigenvalue weighted by atomic mass is 16.7. The zero-order chi connectivity index (χ0) is 12.4. The molecule has 1 unspecified atom stereocenters. The first-order valence-corrected chi connectivity index (χ1v) is 6.70. The Kier molecular flexibility index (Phi) is 3.39. The van der Waals surface area contributed by atoms with Crippen molar-refractivity contribution in [3.63, 3.8) is 0 Å². The van der Waals surface area contributed by atoms with Crippen molar-refractivity contribution in [1.29, 1.82) is 0 Å². The van der Waals surface area contributed by atoms with E-state index >= 15 is 0 Å². The minimum atomic E-state index is -0.135. The predicted molar refractivity (Wildman–Crippen MR) is 70.6 cm³/mol. The van der Waals surface area contributed by atoms with Crippen molar-refractivity contribution < 1.29 is 9.47 Å². The Hall–Kier alpha value is -1.26. The van der Waals surface area contributed by atoms with Gasteiger partial charge < -0.3 is 20.1 Å². The molecule has 0 amide bonds. The Bertz CT molecular complexity index is 416. The summed E-state index contributed by atoms with van der Waals surface area (Å²) < 4.78 is 11.5. The molecule has 2 aliphatic rings. The summed E-state index contributed by atoms with van der Waals surface area (Å²) in [6, 6.07) is 5.76. The van der Waals surface area contributed by atoms with E-state index in [-0.39, 0.29) is 6.29 Å². The Morgan fingerprint density at radius 1 is 1.33 bits per heavy atom. The molecule has 0 saturated carbocycles. The molecule has 4 nitrogen and oxygen atoms in total. The smallest absolute Gasteiger partial charge is 0.204 e. The largest absolute Gasteiger partial charge is 0.464 e. The van der Waals surface area contributed by atoms with Gasteiger partial charge in [0.1, 0.15) is 5.75 Å². The maximum atomic E-state index is 5.78. The van der Waals surface area contributed by atoms with Crippen molar-refractivity contribution in [1.82, 2.24) is 4.90 Å². The van der Waals surface area contributed by atoms with Gasteiger partial charge in [-0.3, -0.25) is 0 Å². The number of nitrogens with two attached hydrogens (primary N) is 1. The van der Waals surface area contributed by atoms with Crippen LogP contribution in [0.3, 0.4) is 0 Å². The molecule has 0 aromatic heterocycles.